The van der Waals surface area contributed by atoms with Crippen molar-refractivity contribution in [3.8, 4) is 5.75 Å². The number of aromatic nitrogens is 1. The zero-order chi connectivity index (χ0) is 24.1. The van der Waals surface area contributed by atoms with Gasteiger partial charge in [-0.25, -0.2) is 4.98 Å². The van der Waals surface area contributed by atoms with Crippen molar-refractivity contribution in [3.63, 3.8) is 0 Å². The molecule has 1 rings (SSSR count). The van der Waals surface area contributed by atoms with E-state index < -0.39 is 51.3 Å². The van der Waals surface area contributed by atoms with Crippen LogP contribution in [-0.4, -0.2) is 43.5 Å². The van der Waals surface area contributed by atoms with Crippen LogP contribution in [0.4, 0.5) is 0 Å². The first-order valence-electron chi connectivity index (χ1n) is 10.2. The predicted octanol–water partition coefficient (Wildman–Crippen LogP) is 0.792. The number of nitrogens with zero attached hydrogens (tertiary/aromatic N) is 1. The van der Waals surface area contributed by atoms with Gasteiger partial charge in [-0.15, -0.1) is 0 Å². The molecule has 1 heterocycles. The molecule has 0 fully saturated rings. The third-order valence-electron chi connectivity index (χ3n) is 2.02. The van der Waals surface area contributed by atoms with Crippen LogP contribution in [0.2, 0.25) is 0 Å². The summed E-state index contributed by atoms with van der Waals surface area (Å²) in [5, 5.41) is 38.1. The minimum absolute atomic E-state index is 0.116. The molecule has 1 aromatic rings. The van der Waals surface area contributed by atoms with Crippen LogP contribution in [0.1, 0.15) is 57.3 Å². The SMILES string of the molecule is CC(=O)O.[2H]C([2H])([2H])C(NCC(O)c1ccc(O)c(CO)n1)(C([2H])([2H])[2H])C([2H])([2H])[2H]. The largest absolute Gasteiger partial charge is 0.506 e. The monoisotopic (exact) mass is 309 g/mol. The second-order valence-electron chi connectivity index (χ2n) is 4.03. The Hall–Kier alpha value is -1.70. The molecule has 0 bridgehead atoms. The van der Waals surface area contributed by atoms with Gasteiger partial charge in [0.2, 0.25) is 0 Å². The molecular formula is C14H24N2O5. The zero-order valence-corrected chi connectivity index (χ0v) is 11.3. The third-order valence-corrected chi connectivity index (χ3v) is 2.02. The molecule has 1 atom stereocenters. The topological polar surface area (TPSA) is 123 Å². The first-order chi connectivity index (χ1) is 13.3. The summed E-state index contributed by atoms with van der Waals surface area (Å²) in [5.74, 6) is -1.17. The minimum atomic E-state index is -3.44. The average molecular weight is 309 g/mol. The number of aromatic hydroxyl groups is 1. The van der Waals surface area contributed by atoms with Gasteiger partial charge in [0, 0.05) is 31.3 Å². The normalized spacial score (nSPS) is 20.4. The van der Waals surface area contributed by atoms with Crippen molar-refractivity contribution < 1.29 is 37.6 Å². The molecular weight excluding hydrogens is 276 g/mol. The third kappa shape index (κ3) is 8.96. The van der Waals surface area contributed by atoms with E-state index >= 15 is 0 Å². The predicted molar refractivity (Wildman–Crippen MR) is 77.8 cm³/mol. The lowest BCUT2D eigenvalue weighted by atomic mass is 10.1. The van der Waals surface area contributed by atoms with E-state index in [4.69, 9.17) is 27.3 Å². The highest BCUT2D eigenvalue weighted by molar-refractivity contribution is 5.62. The molecule has 1 aromatic heterocycles. The van der Waals surface area contributed by atoms with Crippen LogP contribution in [0, 0.1) is 0 Å². The molecule has 5 N–H and O–H groups in total. The van der Waals surface area contributed by atoms with Crippen LogP contribution in [0.15, 0.2) is 12.1 Å². The van der Waals surface area contributed by atoms with Crippen molar-refractivity contribution >= 4 is 5.97 Å². The van der Waals surface area contributed by atoms with Crippen molar-refractivity contribution in [1.82, 2.24) is 10.3 Å². The summed E-state index contributed by atoms with van der Waals surface area (Å²) in [4.78, 5) is 12.8. The summed E-state index contributed by atoms with van der Waals surface area (Å²) < 4.78 is 67.3. The second-order valence-corrected chi connectivity index (χ2v) is 4.03. The maximum atomic E-state index is 10.2. The van der Waals surface area contributed by atoms with Crippen molar-refractivity contribution in [2.45, 2.75) is 45.7 Å². The molecule has 0 radical (unpaired) electrons. The summed E-state index contributed by atoms with van der Waals surface area (Å²) in [6, 6.07) is 2.30. The van der Waals surface area contributed by atoms with Gasteiger partial charge in [-0.3, -0.25) is 4.79 Å². The van der Waals surface area contributed by atoms with E-state index in [1.165, 1.54) is 6.07 Å². The van der Waals surface area contributed by atoms with Crippen LogP contribution in [-0.2, 0) is 11.4 Å². The number of hydrogen-bond donors (Lipinski definition) is 5. The molecule has 21 heavy (non-hydrogen) atoms. The number of aliphatic hydroxyl groups is 2. The van der Waals surface area contributed by atoms with E-state index in [9.17, 15) is 10.2 Å². The van der Waals surface area contributed by atoms with E-state index in [0.717, 1.165) is 13.0 Å². The van der Waals surface area contributed by atoms with E-state index in [1.54, 1.807) is 0 Å². The fraction of sp³-hybridized carbons (Fsp3) is 0.571. The molecule has 7 heteroatoms. The Bertz CT molecular complexity index is 679. The van der Waals surface area contributed by atoms with Crippen molar-refractivity contribution in [3.05, 3.63) is 23.5 Å². The lowest BCUT2D eigenvalue weighted by Crippen LogP contribution is -2.38. The Balaban J connectivity index is 0.00000192. The molecule has 0 spiro atoms. The fourth-order valence-electron chi connectivity index (χ4n) is 1.17. The van der Waals surface area contributed by atoms with Gasteiger partial charge in [0.25, 0.3) is 5.97 Å². The number of carbonyl (C=O) groups is 1. The molecule has 0 aliphatic carbocycles. The number of aliphatic carboxylic acids is 1. The summed E-state index contributed by atoms with van der Waals surface area (Å²) in [6.07, 6.45) is -1.59. The zero-order valence-electron chi connectivity index (χ0n) is 20.3. The number of rotatable bonds is 4. The van der Waals surface area contributed by atoms with E-state index in [2.05, 4.69) is 4.98 Å². The van der Waals surface area contributed by atoms with Crippen LogP contribution in [0.5, 0.6) is 5.75 Å². The van der Waals surface area contributed by atoms with Crippen molar-refractivity contribution in [1.29, 1.82) is 0 Å². The van der Waals surface area contributed by atoms with E-state index in [0.29, 0.717) is 0 Å². The van der Waals surface area contributed by atoms with Crippen molar-refractivity contribution in [2.75, 3.05) is 6.54 Å². The molecule has 0 aliphatic heterocycles. The number of carboxylic acid groups (broad SMARTS) is 1. The Kier molecular flexibility index (Phi) is 3.53. The highest BCUT2D eigenvalue weighted by atomic mass is 16.4. The average Bonchev–Trinajstić information content (AvgIpc) is 2.51. The first-order valence-corrected chi connectivity index (χ1v) is 5.74. The van der Waals surface area contributed by atoms with Gasteiger partial charge in [-0.2, -0.15) is 0 Å². The molecule has 0 amide bonds. The number of hydrogen-bond acceptors (Lipinski definition) is 6. The molecule has 0 saturated heterocycles. The van der Waals surface area contributed by atoms with Crippen LogP contribution in [0.3, 0.4) is 0 Å². The Morgan fingerprint density at radius 1 is 1.48 bits per heavy atom. The Morgan fingerprint density at radius 2 is 2.05 bits per heavy atom. The summed E-state index contributed by atoms with van der Waals surface area (Å²) in [5.41, 5.74) is -3.55. The highest BCUT2D eigenvalue weighted by Crippen LogP contribution is 2.18. The molecule has 0 aromatic carbocycles. The van der Waals surface area contributed by atoms with Gasteiger partial charge in [0.1, 0.15) is 17.5 Å². The smallest absolute Gasteiger partial charge is 0.300 e. The van der Waals surface area contributed by atoms with Gasteiger partial charge in [-0.05, 0) is 32.7 Å². The quantitative estimate of drug-likeness (QED) is 0.557. The standard InChI is InChI=1S/C12H20N2O3.C2H4O2/c1-12(2,3)13-6-11(17)8-4-5-10(16)9(7-15)14-8;1-2(3)4/h4-5,11,13,15-17H,6-7H2,1-3H3;1H3,(H,3,4)/i1D3,2D3,3D3;. The maximum absolute atomic E-state index is 10.2. The number of aliphatic hydroxyl groups excluding tert-OH is 2. The van der Waals surface area contributed by atoms with Crippen LogP contribution >= 0.6 is 0 Å². The van der Waals surface area contributed by atoms with Gasteiger partial charge in [0.05, 0.1) is 12.3 Å². The second kappa shape index (κ2) is 8.56. The lowest BCUT2D eigenvalue weighted by Gasteiger charge is -2.22. The first kappa shape index (κ1) is 8.67. The Labute approximate surface area is 136 Å². The molecule has 0 aliphatic rings. The molecule has 0 saturated carbocycles. The van der Waals surface area contributed by atoms with Gasteiger partial charge >= 0.3 is 0 Å². The fourth-order valence-corrected chi connectivity index (χ4v) is 1.17. The summed E-state index contributed by atoms with van der Waals surface area (Å²) >= 11 is 0. The number of nitrogens with one attached hydrogen (secondary N) is 1. The van der Waals surface area contributed by atoms with Gasteiger partial charge in [-0.1, -0.05) is 0 Å². The summed E-state index contributed by atoms with van der Waals surface area (Å²) in [6.45, 7) is -10.6. The van der Waals surface area contributed by atoms with Crippen LogP contribution in [0.25, 0.3) is 0 Å². The van der Waals surface area contributed by atoms with Gasteiger partial charge < -0.3 is 25.7 Å². The molecule has 7 nitrogen and oxygen atoms in total. The number of β-amino-alcohol motifs (C(OH)–C–C–N with tert-alkyl or cyclic N) is 1. The van der Waals surface area contributed by atoms with E-state index in [-0.39, 0.29) is 17.1 Å². The van der Waals surface area contributed by atoms with Crippen LogP contribution < -0.4 is 5.32 Å². The maximum Gasteiger partial charge on any atom is 0.300 e. The Morgan fingerprint density at radius 3 is 2.52 bits per heavy atom. The molecule has 1 unspecified atom stereocenters. The summed E-state index contributed by atoms with van der Waals surface area (Å²) in [7, 11) is 0. The number of carboxylic acids is 1. The van der Waals surface area contributed by atoms with E-state index in [1.807, 2.05) is 5.32 Å². The number of pyridine rings is 1. The lowest BCUT2D eigenvalue weighted by molar-refractivity contribution is -0.134. The molecule has 120 valence electrons. The highest BCUT2D eigenvalue weighted by Gasteiger charge is 2.15. The van der Waals surface area contributed by atoms with Crippen molar-refractivity contribution in [2.24, 2.45) is 0 Å². The van der Waals surface area contributed by atoms with Gasteiger partial charge in [0.15, 0.2) is 0 Å². The minimum Gasteiger partial charge on any atom is -0.506 e.